The molecule has 0 fully saturated rings. The molecule has 0 aliphatic rings. The second-order valence-electron chi connectivity index (χ2n) is 2.99. The minimum atomic E-state index is -7.06. The van der Waals surface area contributed by atoms with Crippen LogP contribution >= 0.6 is 0 Å². The second kappa shape index (κ2) is 6.50. The average Bonchev–Trinajstić information content (AvgIpc) is 2.12. The molecule has 6 nitrogen and oxygen atoms in total. The van der Waals surface area contributed by atoms with Crippen LogP contribution in [0, 0.1) is 0 Å². The first-order valence-electron chi connectivity index (χ1n) is 3.80. The fourth-order valence-electron chi connectivity index (χ4n) is 0.601. The molecule has 0 bridgehead atoms. The van der Waals surface area contributed by atoms with Crippen molar-refractivity contribution in [2.45, 2.75) is 23.4 Å². The standard InChI is InChI=1S/C5H2F8O6S.K/c6-2(1(14)15,3(7,8)9)19-4(10,11)5(12,13)20(16,17)18;/h(H,14,15)(H,16,17,18);/q;+1/p-1. The summed E-state index contributed by atoms with van der Waals surface area (Å²) >= 11 is 0. The average molecular weight is 380 g/mol. The van der Waals surface area contributed by atoms with Crippen molar-refractivity contribution in [3.05, 3.63) is 0 Å². The van der Waals surface area contributed by atoms with E-state index in [2.05, 4.69) is 0 Å². The molecule has 0 aliphatic heterocycles. The van der Waals surface area contributed by atoms with E-state index in [1.54, 1.807) is 4.74 Å². The second-order valence-corrected chi connectivity index (χ2v) is 4.45. The van der Waals surface area contributed by atoms with Crippen molar-refractivity contribution < 1.29 is 114 Å². The Hall–Kier alpha value is 0.416. The molecule has 0 rings (SSSR count). The third kappa shape index (κ3) is 4.46. The minimum Gasteiger partial charge on any atom is -0.544 e. The molecule has 0 aliphatic carbocycles. The van der Waals surface area contributed by atoms with Gasteiger partial charge in [0.25, 0.3) is 0 Å². The predicted octanol–water partition coefficient (Wildman–Crippen LogP) is -2.94. The topological polar surface area (TPSA) is 104 Å². The third-order valence-corrected chi connectivity index (χ3v) is 2.44. The smallest absolute Gasteiger partial charge is 0.544 e. The molecule has 0 aromatic heterocycles. The van der Waals surface area contributed by atoms with E-state index in [1.165, 1.54) is 0 Å². The maximum absolute atomic E-state index is 12.7. The molecule has 0 spiro atoms. The van der Waals surface area contributed by atoms with Gasteiger partial charge in [0, 0.05) is 0 Å². The van der Waals surface area contributed by atoms with E-state index < -0.39 is 39.5 Å². The summed E-state index contributed by atoms with van der Waals surface area (Å²) in [5.41, 5.74) is 0. The number of halogens is 8. The zero-order valence-corrected chi connectivity index (χ0v) is 13.4. The first kappa shape index (κ1) is 23.7. The van der Waals surface area contributed by atoms with Crippen LogP contribution in [0.2, 0.25) is 0 Å². The molecule has 0 radical (unpaired) electrons. The molecule has 0 saturated carbocycles. The van der Waals surface area contributed by atoms with Crippen LogP contribution in [0.15, 0.2) is 0 Å². The van der Waals surface area contributed by atoms with E-state index in [-0.39, 0.29) is 51.4 Å². The van der Waals surface area contributed by atoms with Gasteiger partial charge in [0.05, 0.1) is 0 Å². The first-order chi connectivity index (χ1) is 8.40. The summed E-state index contributed by atoms with van der Waals surface area (Å²) in [5, 5.41) is 3.04. The quantitative estimate of drug-likeness (QED) is 0.311. The Labute approximate surface area is 152 Å². The summed E-state index contributed by atoms with van der Waals surface area (Å²) in [6.45, 7) is 0. The molecular formula is C5HF8KO6S. The Morgan fingerprint density at radius 1 is 1.00 bits per heavy atom. The number of alkyl halides is 8. The van der Waals surface area contributed by atoms with Crippen molar-refractivity contribution in [2.75, 3.05) is 0 Å². The van der Waals surface area contributed by atoms with Crippen LogP contribution in [0.3, 0.4) is 0 Å². The molecule has 16 heteroatoms. The predicted molar refractivity (Wildman–Crippen MR) is 37.4 cm³/mol. The van der Waals surface area contributed by atoms with Gasteiger partial charge in [-0.05, 0) is 0 Å². The van der Waals surface area contributed by atoms with Gasteiger partial charge in [0.15, 0.2) is 0 Å². The fraction of sp³-hybridized carbons (Fsp3) is 0.800. The van der Waals surface area contributed by atoms with Gasteiger partial charge in [-0.15, -0.1) is 0 Å². The summed E-state index contributed by atoms with van der Waals surface area (Å²) in [7, 11) is -7.06. The van der Waals surface area contributed by atoms with Gasteiger partial charge >= 0.3 is 84.9 Å². The molecule has 1 N–H and O–H groups in total. The number of ether oxygens (including phenoxy) is 1. The summed E-state index contributed by atoms with van der Waals surface area (Å²) in [6.07, 6.45) is -13.7. The van der Waals surface area contributed by atoms with E-state index >= 15 is 0 Å². The van der Waals surface area contributed by atoms with Gasteiger partial charge in [-0.1, -0.05) is 0 Å². The van der Waals surface area contributed by atoms with Gasteiger partial charge in [0.2, 0.25) is 0 Å². The molecule has 0 aromatic rings. The van der Waals surface area contributed by atoms with E-state index in [4.69, 9.17) is 4.55 Å². The van der Waals surface area contributed by atoms with Gasteiger partial charge in [-0.25, -0.2) is 0 Å². The molecule has 1 atom stereocenters. The number of aliphatic carboxylic acids is 1. The Morgan fingerprint density at radius 3 is 1.52 bits per heavy atom. The Bertz CT molecular complexity index is 502. The van der Waals surface area contributed by atoms with E-state index in [0.717, 1.165) is 0 Å². The van der Waals surface area contributed by atoms with Crippen molar-refractivity contribution in [1.82, 2.24) is 0 Å². The van der Waals surface area contributed by atoms with Crippen molar-refractivity contribution in [3.63, 3.8) is 0 Å². The van der Waals surface area contributed by atoms with Crippen molar-refractivity contribution in [3.8, 4) is 0 Å². The summed E-state index contributed by atoms with van der Waals surface area (Å²) < 4.78 is 128. The molecule has 120 valence electrons. The molecule has 0 amide bonds. The van der Waals surface area contributed by atoms with Crippen LogP contribution < -0.4 is 56.5 Å². The van der Waals surface area contributed by atoms with Crippen LogP contribution in [0.4, 0.5) is 35.1 Å². The normalized spacial score (nSPS) is 16.8. The van der Waals surface area contributed by atoms with Crippen LogP contribution in [0.1, 0.15) is 0 Å². The summed E-state index contributed by atoms with van der Waals surface area (Å²) in [5.74, 6) is -10.5. The van der Waals surface area contributed by atoms with Crippen LogP contribution in [-0.4, -0.2) is 42.3 Å². The van der Waals surface area contributed by atoms with Gasteiger partial charge in [0.1, 0.15) is 5.97 Å². The molecule has 1 unspecified atom stereocenters. The van der Waals surface area contributed by atoms with E-state index in [9.17, 15) is 53.4 Å². The fourth-order valence-corrected chi connectivity index (χ4v) is 0.943. The monoisotopic (exact) mass is 380 g/mol. The number of hydrogen-bond acceptors (Lipinski definition) is 5. The number of carbonyl (C=O) groups excluding carboxylic acids is 1. The van der Waals surface area contributed by atoms with Crippen molar-refractivity contribution in [2.24, 2.45) is 0 Å². The number of carboxylic acids is 1. The minimum absolute atomic E-state index is 0. The number of carboxylic acid groups (broad SMARTS) is 1. The Balaban J connectivity index is 0. The van der Waals surface area contributed by atoms with Crippen molar-refractivity contribution in [1.29, 1.82) is 0 Å². The summed E-state index contributed by atoms with van der Waals surface area (Å²) in [4.78, 5) is 9.80. The molecular weight excluding hydrogens is 379 g/mol. The third-order valence-electron chi connectivity index (χ3n) is 1.56. The number of hydrogen-bond donors (Lipinski definition) is 1. The SMILES string of the molecule is O=C([O-])C(F)(OC(F)(F)C(F)(F)S(=O)(=O)O)C(F)(F)F.[K+]. The zero-order valence-electron chi connectivity index (χ0n) is 9.42. The molecule has 0 aromatic carbocycles. The Kier molecular flexibility index (Phi) is 7.33. The van der Waals surface area contributed by atoms with Crippen molar-refractivity contribution >= 4 is 16.1 Å². The van der Waals surface area contributed by atoms with Gasteiger partial charge in [-0.3, -0.25) is 9.29 Å². The zero-order chi connectivity index (χ0) is 16.8. The number of rotatable bonds is 5. The maximum Gasteiger partial charge on any atom is 1.00 e. The van der Waals surface area contributed by atoms with Gasteiger partial charge < -0.3 is 9.90 Å². The Morgan fingerprint density at radius 2 is 1.33 bits per heavy atom. The van der Waals surface area contributed by atoms with Crippen LogP contribution in [0.25, 0.3) is 0 Å². The van der Waals surface area contributed by atoms with Gasteiger partial charge in [-0.2, -0.15) is 43.5 Å². The van der Waals surface area contributed by atoms with E-state index in [0.29, 0.717) is 0 Å². The van der Waals surface area contributed by atoms with Crippen LogP contribution in [0.5, 0.6) is 0 Å². The maximum atomic E-state index is 12.7. The number of carbonyl (C=O) groups is 1. The molecule has 21 heavy (non-hydrogen) atoms. The largest absolute Gasteiger partial charge is 1.00 e. The van der Waals surface area contributed by atoms with E-state index in [1.807, 2.05) is 0 Å². The first-order valence-corrected chi connectivity index (χ1v) is 5.24. The molecule has 0 saturated heterocycles. The summed E-state index contributed by atoms with van der Waals surface area (Å²) in [6, 6.07) is 0. The van der Waals surface area contributed by atoms with Crippen LogP contribution in [-0.2, 0) is 19.6 Å². The molecule has 0 heterocycles.